The van der Waals surface area contributed by atoms with E-state index in [2.05, 4.69) is 28.9 Å². The Bertz CT molecular complexity index is 631. The molecule has 0 aliphatic rings. The molecule has 0 atom stereocenters. The number of benzene rings is 1. The van der Waals surface area contributed by atoms with Crippen LogP contribution in [0.15, 0.2) is 47.6 Å². The summed E-state index contributed by atoms with van der Waals surface area (Å²) in [6, 6.07) is 11.4. The number of para-hydroxylation sites is 1. The summed E-state index contributed by atoms with van der Waals surface area (Å²) in [5.41, 5.74) is 2.60. The van der Waals surface area contributed by atoms with Crippen molar-refractivity contribution in [3.05, 3.63) is 53.7 Å². The van der Waals surface area contributed by atoms with Gasteiger partial charge in [-0.15, -0.1) is 11.8 Å². The highest BCUT2D eigenvalue weighted by molar-refractivity contribution is 7.98. The monoisotopic (exact) mass is 302 g/mol. The van der Waals surface area contributed by atoms with E-state index in [1.807, 2.05) is 19.2 Å². The van der Waals surface area contributed by atoms with Gasteiger partial charge >= 0.3 is 5.97 Å². The van der Waals surface area contributed by atoms with Gasteiger partial charge in [-0.1, -0.05) is 18.2 Å². The molecule has 0 bridgehead atoms. The van der Waals surface area contributed by atoms with Crippen LogP contribution in [0, 0.1) is 0 Å². The molecule has 4 nitrogen and oxygen atoms in total. The second-order valence-electron chi connectivity index (χ2n) is 4.59. The predicted octanol–water partition coefficient (Wildman–Crippen LogP) is 3.53. The first kappa shape index (κ1) is 15.4. The van der Waals surface area contributed by atoms with Crippen molar-refractivity contribution in [3.63, 3.8) is 0 Å². The van der Waals surface area contributed by atoms with Crippen LogP contribution < -0.4 is 4.90 Å². The van der Waals surface area contributed by atoms with Crippen molar-refractivity contribution in [1.29, 1.82) is 0 Å². The van der Waals surface area contributed by atoms with Crippen LogP contribution in [-0.2, 0) is 5.75 Å². The van der Waals surface area contributed by atoms with Gasteiger partial charge in [0, 0.05) is 31.2 Å². The number of hydrogen-bond donors (Lipinski definition) is 1. The molecule has 1 N–H and O–H groups in total. The molecule has 0 aliphatic carbocycles. The van der Waals surface area contributed by atoms with Crippen LogP contribution >= 0.6 is 11.8 Å². The van der Waals surface area contributed by atoms with Crippen molar-refractivity contribution in [2.24, 2.45) is 0 Å². The summed E-state index contributed by atoms with van der Waals surface area (Å²) in [4.78, 5) is 17.5. The van der Waals surface area contributed by atoms with Crippen LogP contribution in [-0.4, -0.2) is 29.7 Å². The maximum Gasteiger partial charge on any atom is 0.338 e. The van der Waals surface area contributed by atoms with Crippen molar-refractivity contribution in [1.82, 2.24) is 4.98 Å². The minimum atomic E-state index is -0.940. The SMILES string of the molecule is CCN(C)c1ccccc1CSc1ncccc1C(=O)O. The highest BCUT2D eigenvalue weighted by Crippen LogP contribution is 2.28. The third-order valence-corrected chi connectivity index (χ3v) is 4.30. The van der Waals surface area contributed by atoms with Crippen molar-refractivity contribution >= 4 is 23.4 Å². The average Bonchev–Trinajstić information content (AvgIpc) is 2.52. The molecule has 1 aromatic heterocycles. The highest BCUT2D eigenvalue weighted by atomic mass is 32.2. The number of aromatic nitrogens is 1. The molecule has 110 valence electrons. The topological polar surface area (TPSA) is 53.4 Å². The van der Waals surface area contributed by atoms with E-state index in [0.29, 0.717) is 10.8 Å². The van der Waals surface area contributed by atoms with Crippen LogP contribution in [0.5, 0.6) is 0 Å². The van der Waals surface area contributed by atoms with Crippen molar-refractivity contribution in [3.8, 4) is 0 Å². The smallest absolute Gasteiger partial charge is 0.338 e. The van der Waals surface area contributed by atoms with Gasteiger partial charge in [0.15, 0.2) is 0 Å². The average molecular weight is 302 g/mol. The molecule has 0 saturated carbocycles. The van der Waals surface area contributed by atoms with Crippen LogP contribution in [0.4, 0.5) is 5.69 Å². The number of pyridine rings is 1. The Kier molecular flexibility index (Phi) is 5.22. The Hall–Kier alpha value is -2.01. The van der Waals surface area contributed by atoms with E-state index in [4.69, 9.17) is 0 Å². The van der Waals surface area contributed by atoms with Gasteiger partial charge in [-0.05, 0) is 30.7 Å². The minimum absolute atomic E-state index is 0.254. The fraction of sp³-hybridized carbons (Fsp3) is 0.250. The van der Waals surface area contributed by atoms with E-state index in [-0.39, 0.29) is 5.56 Å². The summed E-state index contributed by atoms with van der Waals surface area (Å²) in [6.07, 6.45) is 1.62. The first-order valence-electron chi connectivity index (χ1n) is 6.73. The van der Waals surface area contributed by atoms with Crippen LogP contribution in [0.2, 0.25) is 0 Å². The number of carbonyl (C=O) groups is 1. The normalized spacial score (nSPS) is 10.4. The van der Waals surface area contributed by atoms with Gasteiger partial charge in [-0.25, -0.2) is 9.78 Å². The van der Waals surface area contributed by atoms with Gasteiger partial charge in [0.1, 0.15) is 5.03 Å². The molecule has 0 fully saturated rings. The molecule has 0 spiro atoms. The summed E-state index contributed by atoms with van der Waals surface area (Å²) >= 11 is 1.45. The molecular formula is C16H18N2O2S. The van der Waals surface area contributed by atoms with Crippen molar-refractivity contribution in [2.45, 2.75) is 17.7 Å². The molecule has 1 heterocycles. The number of anilines is 1. The first-order valence-corrected chi connectivity index (χ1v) is 7.72. The molecule has 5 heteroatoms. The molecule has 1 aromatic carbocycles. The summed E-state index contributed by atoms with van der Waals surface area (Å²) in [5, 5.41) is 9.74. The number of rotatable bonds is 6. The van der Waals surface area contributed by atoms with Gasteiger partial charge in [-0.2, -0.15) is 0 Å². The zero-order chi connectivity index (χ0) is 15.2. The molecule has 21 heavy (non-hydrogen) atoms. The molecule has 0 unspecified atom stereocenters. The number of nitrogens with zero attached hydrogens (tertiary/aromatic N) is 2. The van der Waals surface area contributed by atoms with Crippen LogP contribution in [0.3, 0.4) is 0 Å². The Morgan fingerprint density at radius 1 is 1.29 bits per heavy atom. The third kappa shape index (κ3) is 3.76. The van der Waals surface area contributed by atoms with Gasteiger partial charge in [0.2, 0.25) is 0 Å². The summed E-state index contributed by atoms with van der Waals surface area (Å²) < 4.78 is 0. The highest BCUT2D eigenvalue weighted by Gasteiger charge is 2.12. The molecule has 2 aromatic rings. The van der Waals surface area contributed by atoms with E-state index in [9.17, 15) is 9.90 Å². The second kappa shape index (κ2) is 7.13. The number of aromatic carboxylic acids is 1. The molecule has 0 aliphatic heterocycles. The van der Waals surface area contributed by atoms with E-state index in [0.717, 1.165) is 6.54 Å². The van der Waals surface area contributed by atoms with E-state index < -0.39 is 5.97 Å². The maximum absolute atomic E-state index is 11.2. The summed E-state index contributed by atoms with van der Waals surface area (Å²) in [5.74, 6) is -0.248. The zero-order valence-electron chi connectivity index (χ0n) is 12.1. The summed E-state index contributed by atoms with van der Waals surface area (Å²) in [6.45, 7) is 3.02. The molecule has 0 saturated heterocycles. The van der Waals surface area contributed by atoms with Gasteiger partial charge in [-0.3, -0.25) is 0 Å². The minimum Gasteiger partial charge on any atom is -0.478 e. The number of hydrogen-bond acceptors (Lipinski definition) is 4. The standard InChI is InChI=1S/C16H18N2O2S/c1-3-18(2)14-9-5-4-7-12(14)11-21-15-13(16(19)20)8-6-10-17-15/h4-10H,3,11H2,1-2H3,(H,19,20). The summed E-state index contributed by atoms with van der Waals surface area (Å²) in [7, 11) is 2.05. The Balaban J connectivity index is 2.19. The van der Waals surface area contributed by atoms with Gasteiger partial charge in [0.05, 0.1) is 5.56 Å². The fourth-order valence-electron chi connectivity index (χ4n) is 1.99. The predicted molar refractivity (Wildman–Crippen MR) is 86.1 cm³/mol. The maximum atomic E-state index is 11.2. The van der Waals surface area contributed by atoms with Crippen molar-refractivity contribution in [2.75, 3.05) is 18.5 Å². The Morgan fingerprint density at radius 2 is 2.05 bits per heavy atom. The molecule has 2 rings (SSSR count). The van der Waals surface area contributed by atoms with E-state index in [1.54, 1.807) is 18.3 Å². The lowest BCUT2D eigenvalue weighted by atomic mass is 10.2. The van der Waals surface area contributed by atoms with Crippen LogP contribution in [0.25, 0.3) is 0 Å². The Morgan fingerprint density at radius 3 is 2.76 bits per heavy atom. The van der Waals surface area contributed by atoms with Gasteiger partial charge < -0.3 is 10.0 Å². The lowest BCUT2D eigenvalue weighted by Gasteiger charge is -2.20. The number of thioether (sulfide) groups is 1. The second-order valence-corrected chi connectivity index (χ2v) is 5.56. The lowest BCUT2D eigenvalue weighted by molar-refractivity contribution is 0.0692. The quantitative estimate of drug-likeness (QED) is 0.827. The number of carboxylic acids is 1. The zero-order valence-corrected chi connectivity index (χ0v) is 12.9. The van der Waals surface area contributed by atoms with E-state index >= 15 is 0 Å². The van der Waals surface area contributed by atoms with E-state index in [1.165, 1.54) is 23.0 Å². The fourth-order valence-corrected chi connectivity index (χ4v) is 2.97. The largest absolute Gasteiger partial charge is 0.478 e. The van der Waals surface area contributed by atoms with Crippen molar-refractivity contribution < 1.29 is 9.90 Å². The lowest BCUT2D eigenvalue weighted by Crippen LogP contribution is -2.17. The van der Waals surface area contributed by atoms with Gasteiger partial charge in [0.25, 0.3) is 0 Å². The number of carboxylic acid groups (broad SMARTS) is 1. The Labute approximate surface area is 128 Å². The molecular weight excluding hydrogens is 284 g/mol. The molecule has 0 amide bonds. The van der Waals surface area contributed by atoms with Crippen LogP contribution in [0.1, 0.15) is 22.8 Å². The third-order valence-electron chi connectivity index (χ3n) is 3.24. The first-order chi connectivity index (χ1) is 10.1. The molecule has 0 radical (unpaired) electrons.